The highest BCUT2D eigenvalue weighted by Crippen LogP contribution is 2.38. The second kappa shape index (κ2) is 5.60. The van der Waals surface area contributed by atoms with Crippen LogP contribution in [0.5, 0.6) is 5.75 Å². The maximum atomic E-state index is 12.6. The van der Waals surface area contributed by atoms with Crippen LogP contribution in [-0.4, -0.2) is 30.7 Å². The first-order valence-electron chi connectivity index (χ1n) is 7.55. The van der Waals surface area contributed by atoms with Gasteiger partial charge in [-0.2, -0.15) is 4.98 Å². The lowest BCUT2D eigenvalue weighted by Gasteiger charge is -2.06. The van der Waals surface area contributed by atoms with Gasteiger partial charge in [0.1, 0.15) is 10.6 Å². The topological polar surface area (TPSA) is 110 Å². The smallest absolute Gasteiger partial charge is 0.243 e. The van der Waals surface area contributed by atoms with Gasteiger partial charge in [0.2, 0.25) is 15.9 Å². The Morgan fingerprint density at radius 3 is 3.00 bits per heavy atom. The summed E-state index contributed by atoms with van der Waals surface area (Å²) in [4.78, 5) is 7.28. The SMILES string of the molecule is COc1cccc2[nH]cc(S(=O)(=O)NCc3nc(C4CC4)no3)c12. The number of sulfonamides is 1. The molecule has 24 heavy (non-hydrogen) atoms. The van der Waals surface area contributed by atoms with Gasteiger partial charge in [0, 0.05) is 12.1 Å². The third kappa shape index (κ3) is 2.65. The van der Waals surface area contributed by atoms with Crippen molar-refractivity contribution in [1.29, 1.82) is 0 Å². The quantitative estimate of drug-likeness (QED) is 0.704. The fourth-order valence-corrected chi connectivity index (χ4v) is 3.75. The van der Waals surface area contributed by atoms with Gasteiger partial charge in [-0.05, 0) is 25.0 Å². The molecular formula is C15H16N4O4S. The number of H-pyrrole nitrogens is 1. The number of methoxy groups -OCH3 is 1. The molecule has 4 rings (SSSR count). The molecule has 126 valence electrons. The fourth-order valence-electron chi connectivity index (χ4n) is 2.58. The molecule has 0 saturated heterocycles. The van der Waals surface area contributed by atoms with Gasteiger partial charge in [0.05, 0.1) is 24.6 Å². The molecule has 0 radical (unpaired) electrons. The summed E-state index contributed by atoms with van der Waals surface area (Å²) in [6.07, 6.45) is 3.55. The number of aromatic amines is 1. The third-order valence-electron chi connectivity index (χ3n) is 3.98. The molecule has 2 N–H and O–H groups in total. The second-order valence-corrected chi connectivity index (χ2v) is 7.42. The van der Waals surface area contributed by atoms with Crippen LogP contribution >= 0.6 is 0 Å². The molecule has 3 aromatic rings. The molecule has 2 aromatic heterocycles. The molecule has 8 nitrogen and oxygen atoms in total. The largest absolute Gasteiger partial charge is 0.496 e. The molecule has 0 aliphatic heterocycles. The number of aromatic nitrogens is 3. The third-order valence-corrected chi connectivity index (χ3v) is 5.41. The van der Waals surface area contributed by atoms with Crippen molar-refractivity contribution in [3.8, 4) is 5.75 Å². The van der Waals surface area contributed by atoms with Crippen LogP contribution in [0.4, 0.5) is 0 Å². The van der Waals surface area contributed by atoms with Crippen LogP contribution in [0.25, 0.3) is 10.9 Å². The summed E-state index contributed by atoms with van der Waals surface area (Å²) >= 11 is 0. The molecule has 0 amide bonds. The number of rotatable bonds is 6. The van der Waals surface area contributed by atoms with Crippen LogP contribution in [0, 0.1) is 0 Å². The van der Waals surface area contributed by atoms with E-state index < -0.39 is 10.0 Å². The molecule has 0 bridgehead atoms. The minimum absolute atomic E-state index is 0.0517. The highest BCUT2D eigenvalue weighted by Gasteiger charge is 2.29. The summed E-state index contributed by atoms with van der Waals surface area (Å²) in [6, 6.07) is 5.30. The van der Waals surface area contributed by atoms with Gasteiger partial charge in [-0.25, -0.2) is 13.1 Å². The Balaban J connectivity index is 1.60. The lowest BCUT2D eigenvalue weighted by Crippen LogP contribution is -2.23. The molecular weight excluding hydrogens is 332 g/mol. The molecule has 9 heteroatoms. The first-order valence-corrected chi connectivity index (χ1v) is 9.03. The minimum Gasteiger partial charge on any atom is -0.496 e. The second-order valence-electron chi connectivity index (χ2n) is 5.68. The Hall–Kier alpha value is -2.39. The van der Waals surface area contributed by atoms with Crippen molar-refractivity contribution >= 4 is 20.9 Å². The molecule has 0 atom stereocenters. The zero-order chi connectivity index (χ0) is 16.7. The Bertz CT molecular complexity index is 988. The normalized spacial score (nSPS) is 15.0. The highest BCUT2D eigenvalue weighted by atomic mass is 32.2. The van der Waals surface area contributed by atoms with Crippen LogP contribution in [0.2, 0.25) is 0 Å². The lowest BCUT2D eigenvalue weighted by atomic mass is 10.2. The maximum absolute atomic E-state index is 12.6. The van der Waals surface area contributed by atoms with Gasteiger partial charge in [0.15, 0.2) is 5.82 Å². The van der Waals surface area contributed by atoms with Gasteiger partial charge in [-0.1, -0.05) is 11.2 Å². The number of fused-ring (bicyclic) bond motifs is 1. The molecule has 1 aliphatic rings. The molecule has 1 aromatic carbocycles. The van der Waals surface area contributed by atoms with Crippen LogP contribution in [0.15, 0.2) is 33.8 Å². The van der Waals surface area contributed by atoms with E-state index in [4.69, 9.17) is 9.26 Å². The highest BCUT2D eigenvalue weighted by molar-refractivity contribution is 7.89. The standard InChI is InChI=1S/C15H16N4O4S/c1-22-11-4-2-3-10-14(11)12(7-16-10)24(20,21)17-8-13-18-15(19-23-13)9-5-6-9/h2-4,7,9,16-17H,5-6,8H2,1H3. The molecule has 2 heterocycles. The number of benzene rings is 1. The number of nitrogens with one attached hydrogen (secondary N) is 2. The van der Waals surface area contributed by atoms with E-state index in [0.717, 1.165) is 12.8 Å². The zero-order valence-electron chi connectivity index (χ0n) is 12.9. The van der Waals surface area contributed by atoms with Crippen molar-refractivity contribution in [3.63, 3.8) is 0 Å². The molecule has 0 spiro atoms. The van der Waals surface area contributed by atoms with E-state index in [0.29, 0.717) is 28.4 Å². The van der Waals surface area contributed by atoms with Crippen molar-refractivity contribution in [3.05, 3.63) is 36.1 Å². The summed E-state index contributed by atoms with van der Waals surface area (Å²) < 4.78 is 38.1. The summed E-state index contributed by atoms with van der Waals surface area (Å²) in [5.41, 5.74) is 0.684. The van der Waals surface area contributed by atoms with Crippen molar-refractivity contribution in [2.75, 3.05) is 7.11 Å². The van der Waals surface area contributed by atoms with E-state index in [2.05, 4.69) is 19.8 Å². The Labute approximate surface area is 138 Å². The predicted octanol–water partition coefficient (Wildman–Crippen LogP) is 1.92. The first kappa shape index (κ1) is 15.2. The maximum Gasteiger partial charge on any atom is 0.243 e. The zero-order valence-corrected chi connectivity index (χ0v) is 13.8. The van der Waals surface area contributed by atoms with Gasteiger partial charge in [0.25, 0.3) is 0 Å². The van der Waals surface area contributed by atoms with Crippen LogP contribution in [0.1, 0.15) is 30.5 Å². The summed E-state index contributed by atoms with van der Waals surface area (Å²) in [6.45, 7) is -0.0517. The van der Waals surface area contributed by atoms with Crippen LogP contribution in [-0.2, 0) is 16.6 Å². The van der Waals surface area contributed by atoms with Gasteiger partial charge in [-0.15, -0.1) is 0 Å². The molecule has 1 fully saturated rings. The summed E-state index contributed by atoms with van der Waals surface area (Å²) in [5, 5.41) is 4.38. The van der Waals surface area contributed by atoms with Crippen molar-refractivity contribution < 1.29 is 17.7 Å². The van der Waals surface area contributed by atoms with Gasteiger partial charge in [-0.3, -0.25) is 0 Å². The number of hydrogen-bond acceptors (Lipinski definition) is 6. The monoisotopic (exact) mass is 348 g/mol. The number of nitrogens with zero attached hydrogens (tertiary/aromatic N) is 2. The number of ether oxygens (including phenoxy) is 1. The van der Waals surface area contributed by atoms with E-state index in [1.807, 2.05) is 0 Å². The van der Waals surface area contributed by atoms with Crippen molar-refractivity contribution in [2.24, 2.45) is 0 Å². The Kier molecular flexibility index (Phi) is 3.54. The van der Waals surface area contributed by atoms with Crippen molar-refractivity contribution in [1.82, 2.24) is 19.8 Å². The summed E-state index contributed by atoms with van der Waals surface area (Å²) in [7, 11) is -2.26. The number of hydrogen-bond donors (Lipinski definition) is 2. The Morgan fingerprint density at radius 1 is 1.42 bits per heavy atom. The molecule has 1 saturated carbocycles. The van der Waals surface area contributed by atoms with Gasteiger partial charge >= 0.3 is 0 Å². The molecule has 1 aliphatic carbocycles. The van der Waals surface area contributed by atoms with E-state index in [1.165, 1.54) is 13.3 Å². The van der Waals surface area contributed by atoms with E-state index in [-0.39, 0.29) is 17.3 Å². The molecule has 0 unspecified atom stereocenters. The summed E-state index contributed by atoms with van der Waals surface area (Å²) in [5.74, 6) is 1.75. The van der Waals surface area contributed by atoms with E-state index in [1.54, 1.807) is 18.2 Å². The average Bonchev–Trinajstić information content (AvgIpc) is 3.15. The Morgan fingerprint density at radius 2 is 2.25 bits per heavy atom. The van der Waals surface area contributed by atoms with Crippen LogP contribution in [0.3, 0.4) is 0 Å². The average molecular weight is 348 g/mol. The van der Waals surface area contributed by atoms with E-state index >= 15 is 0 Å². The predicted molar refractivity (Wildman–Crippen MR) is 85.1 cm³/mol. The van der Waals surface area contributed by atoms with Crippen LogP contribution < -0.4 is 9.46 Å². The van der Waals surface area contributed by atoms with E-state index in [9.17, 15) is 8.42 Å². The minimum atomic E-state index is -3.76. The van der Waals surface area contributed by atoms with Gasteiger partial charge < -0.3 is 14.2 Å². The van der Waals surface area contributed by atoms with Crippen molar-refractivity contribution in [2.45, 2.75) is 30.2 Å². The fraction of sp³-hybridized carbons (Fsp3) is 0.333. The first-order chi connectivity index (χ1) is 11.6. The lowest BCUT2D eigenvalue weighted by molar-refractivity contribution is 0.370.